The first kappa shape index (κ1) is 11.7. The zero-order valence-electron chi connectivity index (χ0n) is 9.98. The molecular weight excluding hydrogens is 214 g/mol. The molecule has 0 spiro atoms. The molecule has 1 nitrogen and oxygen atoms in total. The summed E-state index contributed by atoms with van der Waals surface area (Å²) in [4.78, 5) is 0. The van der Waals surface area contributed by atoms with Crippen LogP contribution in [-0.2, 0) is 6.42 Å². The number of thioether (sulfide) groups is 1. The Morgan fingerprint density at radius 2 is 1.81 bits per heavy atom. The van der Waals surface area contributed by atoms with E-state index in [1.165, 1.54) is 43.0 Å². The van der Waals surface area contributed by atoms with Gasteiger partial charge >= 0.3 is 0 Å². The molecule has 16 heavy (non-hydrogen) atoms. The van der Waals surface area contributed by atoms with E-state index in [1.54, 1.807) is 0 Å². The number of piperidine rings is 1. The smallest absolute Gasteiger partial charge is 0.214 e. The molecule has 86 valence electrons. The quantitative estimate of drug-likeness (QED) is 0.561. The van der Waals surface area contributed by atoms with Crippen LogP contribution in [0.5, 0.6) is 0 Å². The van der Waals surface area contributed by atoms with Crippen molar-refractivity contribution in [3.63, 3.8) is 0 Å². The summed E-state index contributed by atoms with van der Waals surface area (Å²) >= 11 is 1.91. The van der Waals surface area contributed by atoms with E-state index in [4.69, 9.17) is 0 Å². The number of benzene rings is 1. The minimum atomic E-state index is 1.10. The Labute approximate surface area is 103 Å². The van der Waals surface area contributed by atoms with Crippen molar-refractivity contribution in [2.24, 2.45) is 0 Å². The van der Waals surface area contributed by atoms with Crippen molar-refractivity contribution in [3.8, 4) is 0 Å². The monoisotopic (exact) mass is 234 g/mol. The van der Waals surface area contributed by atoms with E-state index in [-0.39, 0.29) is 0 Å². The summed E-state index contributed by atoms with van der Waals surface area (Å²) in [5.74, 6) is 0. The van der Waals surface area contributed by atoms with Crippen LogP contribution in [-0.4, -0.2) is 29.0 Å². The fraction of sp³-hybridized carbons (Fsp3) is 0.500. The normalized spacial score (nSPS) is 16.2. The summed E-state index contributed by atoms with van der Waals surface area (Å²) in [5.41, 5.74) is 1.43. The summed E-state index contributed by atoms with van der Waals surface area (Å²) in [6.07, 6.45) is 7.43. The van der Waals surface area contributed by atoms with Gasteiger partial charge in [-0.25, -0.2) is 4.58 Å². The molecule has 1 fully saturated rings. The van der Waals surface area contributed by atoms with Crippen molar-refractivity contribution in [1.82, 2.24) is 0 Å². The Hall–Kier alpha value is -0.760. The van der Waals surface area contributed by atoms with Crippen LogP contribution in [0.3, 0.4) is 0 Å². The van der Waals surface area contributed by atoms with Crippen molar-refractivity contribution >= 4 is 16.8 Å². The van der Waals surface area contributed by atoms with E-state index in [0.717, 1.165) is 6.42 Å². The Bertz CT molecular complexity index is 348. The minimum absolute atomic E-state index is 1.10. The van der Waals surface area contributed by atoms with Gasteiger partial charge in [0.25, 0.3) is 0 Å². The lowest BCUT2D eigenvalue weighted by atomic mass is 10.1. The molecule has 0 amide bonds. The van der Waals surface area contributed by atoms with E-state index in [2.05, 4.69) is 41.2 Å². The lowest BCUT2D eigenvalue weighted by molar-refractivity contribution is -0.535. The predicted octanol–water partition coefficient (Wildman–Crippen LogP) is 3.19. The molecule has 0 unspecified atom stereocenters. The Morgan fingerprint density at radius 1 is 1.12 bits per heavy atom. The molecule has 0 atom stereocenters. The summed E-state index contributed by atoms with van der Waals surface area (Å²) in [6.45, 7) is 2.51. The third kappa shape index (κ3) is 3.11. The first-order chi connectivity index (χ1) is 7.90. The Kier molecular flexibility index (Phi) is 4.46. The molecule has 0 aliphatic carbocycles. The molecule has 0 N–H and O–H groups in total. The molecule has 1 aliphatic rings. The van der Waals surface area contributed by atoms with Gasteiger partial charge in [-0.1, -0.05) is 42.1 Å². The van der Waals surface area contributed by atoms with E-state index in [9.17, 15) is 0 Å². The lowest BCUT2D eigenvalue weighted by Crippen LogP contribution is -2.26. The zero-order valence-corrected chi connectivity index (χ0v) is 10.8. The van der Waals surface area contributed by atoms with Crippen molar-refractivity contribution < 1.29 is 4.58 Å². The van der Waals surface area contributed by atoms with Crippen LogP contribution < -0.4 is 0 Å². The third-order valence-corrected chi connectivity index (χ3v) is 4.02. The van der Waals surface area contributed by atoms with Gasteiger partial charge in [0.05, 0.1) is 6.42 Å². The molecule has 1 aromatic carbocycles. The fourth-order valence-corrected chi connectivity index (χ4v) is 2.98. The fourth-order valence-electron chi connectivity index (χ4n) is 2.23. The van der Waals surface area contributed by atoms with Crippen molar-refractivity contribution in [1.29, 1.82) is 0 Å². The highest BCUT2D eigenvalue weighted by molar-refractivity contribution is 8.13. The van der Waals surface area contributed by atoms with Crippen LogP contribution >= 0.6 is 11.8 Å². The van der Waals surface area contributed by atoms with Crippen molar-refractivity contribution in [2.45, 2.75) is 25.7 Å². The van der Waals surface area contributed by atoms with Gasteiger partial charge < -0.3 is 0 Å². The Balaban J connectivity index is 2.10. The second-order valence-corrected chi connectivity index (χ2v) is 5.19. The van der Waals surface area contributed by atoms with Gasteiger partial charge in [-0.15, -0.1) is 0 Å². The third-order valence-electron chi connectivity index (χ3n) is 3.14. The van der Waals surface area contributed by atoms with Crippen LogP contribution in [0.1, 0.15) is 24.8 Å². The van der Waals surface area contributed by atoms with Crippen molar-refractivity contribution in [3.05, 3.63) is 35.9 Å². The molecule has 1 aromatic rings. The molecular formula is C14H20NS+. The lowest BCUT2D eigenvalue weighted by Gasteiger charge is -2.13. The maximum atomic E-state index is 2.57. The van der Waals surface area contributed by atoms with Crippen LogP contribution in [0.15, 0.2) is 30.3 Å². The standard InChI is InChI=1S/C14H20NS/c1-16-14(15-10-6-3-7-11-15)12-13-8-4-2-5-9-13/h2,4-5,8-9H,3,6-7,10-12H2,1H3/q+1. The molecule has 2 rings (SSSR count). The maximum absolute atomic E-state index is 2.57. The SMILES string of the molecule is CSC(Cc1ccccc1)=[N+]1CCCCC1. The van der Waals surface area contributed by atoms with Gasteiger partial charge in [0.2, 0.25) is 5.04 Å². The zero-order chi connectivity index (χ0) is 11.2. The number of hydrogen-bond donors (Lipinski definition) is 0. The van der Waals surface area contributed by atoms with Gasteiger partial charge in [0.15, 0.2) is 0 Å². The number of nitrogens with zero attached hydrogens (tertiary/aromatic N) is 1. The molecule has 0 saturated carbocycles. The molecule has 0 bridgehead atoms. The van der Waals surface area contributed by atoms with E-state index < -0.39 is 0 Å². The highest BCUT2D eigenvalue weighted by atomic mass is 32.2. The number of rotatable bonds is 2. The molecule has 0 aromatic heterocycles. The second kappa shape index (κ2) is 6.09. The van der Waals surface area contributed by atoms with Crippen molar-refractivity contribution in [2.75, 3.05) is 19.3 Å². The molecule has 1 heterocycles. The van der Waals surface area contributed by atoms with Gasteiger partial charge in [0, 0.05) is 12.8 Å². The first-order valence-corrected chi connectivity index (χ1v) is 7.31. The highest BCUT2D eigenvalue weighted by Gasteiger charge is 2.17. The summed E-state index contributed by atoms with van der Waals surface area (Å²) in [7, 11) is 0. The van der Waals surface area contributed by atoms with Crippen LogP contribution in [0.2, 0.25) is 0 Å². The van der Waals surface area contributed by atoms with E-state index in [1.807, 2.05) is 11.8 Å². The predicted molar refractivity (Wildman–Crippen MR) is 72.5 cm³/mol. The largest absolute Gasteiger partial charge is 0.228 e. The highest BCUT2D eigenvalue weighted by Crippen LogP contribution is 2.12. The van der Waals surface area contributed by atoms with E-state index in [0.29, 0.717) is 0 Å². The Morgan fingerprint density at radius 3 is 2.44 bits per heavy atom. The van der Waals surface area contributed by atoms with Crippen LogP contribution in [0.4, 0.5) is 0 Å². The van der Waals surface area contributed by atoms with Gasteiger partial charge in [-0.05, 0) is 18.2 Å². The van der Waals surface area contributed by atoms with Gasteiger partial charge in [0.1, 0.15) is 13.1 Å². The van der Waals surface area contributed by atoms with E-state index >= 15 is 0 Å². The maximum Gasteiger partial charge on any atom is 0.214 e. The average molecular weight is 234 g/mol. The molecule has 1 aliphatic heterocycles. The summed E-state index contributed by atoms with van der Waals surface area (Å²) < 4.78 is 2.57. The van der Waals surface area contributed by atoms with Crippen LogP contribution in [0, 0.1) is 0 Å². The average Bonchev–Trinajstić information content (AvgIpc) is 2.38. The minimum Gasteiger partial charge on any atom is -0.228 e. The summed E-state index contributed by atoms with van der Waals surface area (Å²) in [6, 6.07) is 10.8. The van der Waals surface area contributed by atoms with Gasteiger partial charge in [-0.3, -0.25) is 0 Å². The molecule has 1 saturated heterocycles. The second-order valence-electron chi connectivity index (χ2n) is 4.31. The topological polar surface area (TPSA) is 3.01 Å². The molecule has 0 radical (unpaired) electrons. The summed E-state index contributed by atoms with van der Waals surface area (Å²) in [5, 5.41) is 1.53. The van der Waals surface area contributed by atoms with Crippen LogP contribution in [0.25, 0.3) is 0 Å². The van der Waals surface area contributed by atoms with Gasteiger partial charge in [-0.2, -0.15) is 0 Å². The number of hydrogen-bond acceptors (Lipinski definition) is 1. The first-order valence-electron chi connectivity index (χ1n) is 6.09. The molecule has 2 heteroatoms.